The number of ether oxygens (including phenoxy) is 2. The molecule has 8 nitrogen and oxygen atoms in total. The lowest BCUT2D eigenvalue weighted by molar-refractivity contribution is -0.140. The Morgan fingerprint density at radius 3 is 2.03 bits per heavy atom. The summed E-state index contributed by atoms with van der Waals surface area (Å²) in [5.74, 6) is 0.0978. The molecule has 3 aromatic rings. The minimum absolute atomic E-state index is 0.0900. The van der Waals surface area contributed by atoms with Crippen molar-refractivity contribution in [1.29, 1.82) is 0 Å². The molecule has 0 atom stereocenters. The number of benzene rings is 3. The molecule has 0 spiro atoms. The maximum Gasteiger partial charge on any atom is 0.314 e. The number of carbonyl (C=O) groups excluding carboxylic acids is 2. The van der Waals surface area contributed by atoms with Crippen LogP contribution in [0.1, 0.15) is 23.2 Å². The van der Waals surface area contributed by atoms with Crippen molar-refractivity contribution in [3.8, 4) is 11.5 Å². The van der Waals surface area contributed by atoms with E-state index in [-0.39, 0.29) is 22.7 Å². The van der Waals surface area contributed by atoms with E-state index in [1.165, 1.54) is 26.3 Å². The van der Waals surface area contributed by atoms with Gasteiger partial charge in [0.1, 0.15) is 11.5 Å². The normalized spacial score (nSPS) is 14.2. The molecule has 0 saturated carbocycles. The van der Waals surface area contributed by atoms with Crippen LogP contribution in [0.15, 0.2) is 77.7 Å². The Balaban J connectivity index is 1.33. The summed E-state index contributed by atoms with van der Waals surface area (Å²) in [6.07, 6.45) is 0.998. The molecule has 1 aliphatic heterocycles. The fourth-order valence-electron chi connectivity index (χ4n) is 4.06. The zero-order valence-electron chi connectivity index (χ0n) is 20.5. The van der Waals surface area contributed by atoms with Gasteiger partial charge in [0.2, 0.25) is 0 Å². The molecule has 0 aliphatic carbocycles. The third kappa shape index (κ3) is 6.06. The van der Waals surface area contributed by atoms with Crippen LogP contribution in [0.3, 0.4) is 0 Å². The second kappa shape index (κ2) is 11.2. The molecule has 3 aromatic carbocycles. The van der Waals surface area contributed by atoms with Crippen LogP contribution < -0.4 is 13.8 Å². The molecular formula is C27H27ClN2O6S. The summed E-state index contributed by atoms with van der Waals surface area (Å²) < 4.78 is 37.7. The van der Waals surface area contributed by atoms with Gasteiger partial charge < -0.3 is 14.4 Å². The number of hydrogen-bond donors (Lipinski definition) is 0. The highest BCUT2D eigenvalue weighted by atomic mass is 35.5. The fourth-order valence-corrected chi connectivity index (χ4v) is 5.38. The number of hydrogen-bond acceptors (Lipinski definition) is 6. The number of amides is 1. The van der Waals surface area contributed by atoms with Crippen molar-refractivity contribution in [1.82, 2.24) is 4.90 Å². The lowest BCUT2D eigenvalue weighted by Gasteiger charge is -2.31. The number of anilines is 1. The van der Waals surface area contributed by atoms with Crippen molar-refractivity contribution in [2.75, 3.05) is 31.6 Å². The first kappa shape index (κ1) is 26.5. The van der Waals surface area contributed by atoms with Crippen molar-refractivity contribution < 1.29 is 27.5 Å². The van der Waals surface area contributed by atoms with Gasteiger partial charge in [0.05, 0.1) is 23.6 Å². The quantitative estimate of drug-likeness (QED) is 0.319. The average Bonchev–Trinajstić information content (AvgIpc) is 2.93. The lowest BCUT2D eigenvalue weighted by atomic mass is 9.96. The Bertz CT molecular complexity index is 1350. The van der Waals surface area contributed by atoms with Crippen LogP contribution in [0, 0.1) is 5.92 Å². The van der Waals surface area contributed by atoms with Crippen LogP contribution in [0.25, 0.3) is 0 Å². The van der Waals surface area contributed by atoms with Gasteiger partial charge in [-0.05, 0) is 85.6 Å². The van der Waals surface area contributed by atoms with E-state index in [4.69, 9.17) is 21.1 Å². The van der Waals surface area contributed by atoms with Gasteiger partial charge in [-0.25, -0.2) is 8.42 Å². The first-order valence-electron chi connectivity index (χ1n) is 11.7. The van der Waals surface area contributed by atoms with Crippen LogP contribution in [-0.4, -0.2) is 52.4 Å². The number of piperidine rings is 1. The summed E-state index contributed by atoms with van der Waals surface area (Å²) in [4.78, 5) is 27.2. The average molecular weight is 543 g/mol. The largest absolute Gasteiger partial charge is 0.497 e. The smallest absolute Gasteiger partial charge is 0.314 e. The van der Waals surface area contributed by atoms with Crippen molar-refractivity contribution in [3.05, 3.63) is 83.4 Å². The Morgan fingerprint density at radius 1 is 0.892 bits per heavy atom. The molecule has 1 aliphatic rings. The molecular weight excluding hydrogens is 516 g/mol. The van der Waals surface area contributed by atoms with Crippen LogP contribution in [0.4, 0.5) is 5.69 Å². The van der Waals surface area contributed by atoms with Gasteiger partial charge >= 0.3 is 5.97 Å². The summed E-state index contributed by atoms with van der Waals surface area (Å²) in [6, 6.07) is 19.1. The van der Waals surface area contributed by atoms with E-state index in [0.717, 1.165) is 4.31 Å². The highest BCUT2D eigenvalue weighted by Crippen LogP contribution is 2.27. The third-order valence-corrected chi connectivity index (χ3v) is 8.40. The van der Waals surface area contributed by atoms with Gasteiger partial charge in [0, 0.05) is 30.7 Å². The Morgan fingerprint density at radius 2 is 1.46 bits per heavy atom. The molecule has 0 N–H and O–H groups in total. The summed E-state index contributed by atoms with van der Waals surface area (Å²) in [5, 5.41) is 0.566. The van der Waals surface area contributed by atoms with Gasteiger partial charge in [-0.1, -0.05) is 11.6 Å². The number of esters is 1. The van der Waals surface area contributed by atoms with Crippen LogP contribution in [0.2, 0.25) is 5.02 Å². The van der Waals surface area contributed by atoms with E-state index in [1.54, 1.807) is 65.6 Å². The van der Waals surface area contributed by atoms with Crippen molar-refractivity contribution in [2.45, 2.75) is 17.7 Å². The Labute approximate surface area is 221 Å². The minimum atomic E-state index is -3.77. The molecule has 0 radical (unpaired) electrons. The summed E-state index contributed by atoms with van der Waals surface area (Å²) in [7, 11) is -0.805. The van der Waals surface area contributed by atoms with E-state index in [0.29, 0.717) is 53.7 Å². The standard InChI is InChI=1S/C27H27ClN2O6S/c1-29(37(33,34)25-13-11-23(35-2)12-14-25)22-7-9-24(10-8-22)36-27(32)20-15-17-30(18-16-20)26(31)19-3-5-21(28)6-4-19/h3-14,20H,15-18H2,1-2H3. The first-order valence-corrected chi connectivity index (χ1v) is 13.5. The molecule has 1 saturated heterocycles. The second-order valence-electron chi connectivity index (χ2n) is 8.64. The number of methoxy groups -OCH3 is 1. The lowest BCUT2D eigenvalue weighted by Crippen LogP contribution is -2.41. The van der Waals surface area contributed by atoms with E-state index >= 15 is 0 Å². The van der Waals surface area contributed by atoms with Crippen LogP contribution in [-0.2, 0) is 14.8 Å². The third-order valence-electron chi connectivity index (χ3n) is 6.34. The maximum absolute atomic E-state index is 12.9. The number of sulfonamides is 1. The summed E-state index contributed by atoms with van der Waals surface area (Å²) >= 11 is 5.89. The minimum Gasteiger partial charge on any atom is -0.497 e. The highest BCUT2D eigenvalue weighted by Gasteiger charge is 2.29. The van der Waals surface area contributed by atoms with E-state index < -0.39 is 10.0 Å². The van der Waals surface area contributed by atoms with Crippen LogP contribution in [0.5, 0.6) is 11.5 Å². The van der Waals surface area contributed by atoms with Gasteiger partial charge in [0.25, 0.3) is 15.9 Å². The topological polar surface area (TPSA) is 93.2 Å². The van der Waals surface area contributed by atoms with Gasteiger partial charge in [-0.15, -0.1) is 0 Å². The predicted octanol–water partition coefficient (Wildman–Crippen LogP) is 4.63. The monoisotopic (exact) mass is 542 g/mol. The van der Waals surface area contributed by atoms with Crippen molar-refractivity contribution in [2.24, 2.45) is 5.92 Å². The number of likely N-dealkylation sites (tertiary alicyclic amines) is 1. The van der Waals surface area contributed by atoms with Gasteiger partial charge in [-0.3, -0.25) is 13.9 Å². The highest BCUT2D eigenvalue weighted by molar-refractivity contribution is 7.92. The molecule has 194 valence electrons. The van der Waals surface area contributed by atoms with Gasteiger partial charge in [-0.2, -0.15) is 0 Å². The molecule has 4 rings (SSSR count). The van der Waals surface area contributed by atoms with Crippen LogP contribution >= 0.6 is 11.6 Å². The molecule has 1 heterocycles. The molecule has 0 aromatic heterocycles. The summed E-state index contributed by atoms with van der Waals surface area (Å²) in [6.45, 7) is 0.905. The number of carbonyl (C=O) groups is 2. The number of rotatable bonds is 7. The number of nitrogens with zero attached hydrogens (tertiary/aromatic N) is 2. The molecule has 1 amide bonds. The second-order valence-corrected chi connectivity index (χ2v) is 11.0. The molecule has 0 bridgehead atoms. The van der Waals surface area contributed by atoms with E-state index in [9.17, 15) is 18.0 Å². The van der Waals surface area contributed by atoms with E-state index in [1.807, 2.05) is 0 Å². The number of halogens is 1. The van der Waals surface area contributed by atoms with Crippen molar-refractivity contribution >= 4 is 39.2 Å². The SMILES string of the molecule is COc1ccc(S(=O)(=O)N(C)c2ccc(OC(=O)C3CCN(C(=O)c4ccc(Cl)cc4)CC3)cc2)cc1. The predicted molar refractivity (Wildman–Crippen MR) is 141 cm³/mol. The molecule has 1 fully saturated rings. The Kier molecular flexibility index (Phi) is 8.04. The summed E-state index contributed by atoms with van der Waals surface area (Å²) in [5.41, 5.74) is 0.981. The zero-order chi connectivity index (χ0) is 26.6. The molecule has 10 heteroatoms. The fraction of sp³-hybridized carbons (Fsp3) is 0.259. The van der Waals surface area contributed by atoms with Gasteiger partial charge in [0.15, 0.2) is 0 Å². The first-order chi connectivity index (χ1) is 17.7. The molecule has 0 unspecified atom stereocenters. The maximum atomic E-state index is 12.9. The molecule has 37 heavy (non-hydrogen) atoms. The Hall–Kier alpha value is -3.56. The van der Waals surface area contributed by atoms with E-state index in [2.05, 4.69) is 0 Å². The van der Waals surface area contributed by atoms with Crippen molar-refractivity contribution in [3.63, 3.8) is 0 Å². The zero-order valence-corrected chi connectivity index (χ0v) is 22.0.